The van der Waals surface area contributed by atoms with Gasteiger partial charge in [0.2, 0.25) is 11.7 Å². The first-order chi connectivity index (χ1) is 16.9. The van der Waals surface area contributed by atoms with Gasteiger partial charge in [-0.25, -0.2) is 0 Å². The summed E-state index contributed by atoms with van der Waals surface area (Å²) in [5.74, 6) is 0.710. The number of hydrogen-bond acceptors (Lipinski definition) is 7. The summed E-state index contributed by atoms with van der Waals surface area (Å²) in [6.07, 6.45) is -4.45. The summed E-state index contributed by atoms with van der Waals surface area (Å²) in [6.45, 7) is 2.41. The molecule has 8 nitrogen and oxygen atoms in total. The lowest BCUT2D eigenvalue weighted by Crippen LogP contribution is -2.48. The van der Waals surface area contributed by atoms with Crippen LogP contribution in [0.4, 0.5) is 13.2 Å². The van der Waals surface area contributed by atoms with Crippen molar-refractivity contribution in [1.82, 2.24) is 25.1 Å². The standard InChI is InChI=1S/C24H20F3N5O3/c25-24(26,27)18-8-4-7-17(13-18)22-28-21(35-30-22)15-31-9-11-32(12-10-31)23(33)19-14-20(34-29-19)16-5-2-1-3-6-16/h1-8,13-14H,9-12,15H2. The highest BCUT2D eigenvalue weighted by Gasteiger charge is 2.31. The summed E-state index contributed by atoms with van der Waals surface area (Å²) in [4.78, 5) is 20.8. The van der Waals surface area contributed by atoms with E-state index in [9.17, 15) is 18.0 Å². The average Bonchev–Trinajstić information content (AvgIpc) is 3.55. The van der Waals surface area contributed by atoms with Gasteiger partial charge >= 0.3 is 6.18 Å². The van der Waals surface area contributed by atoms with E-state index in [-0.39, 0.29) is 23.0 Å². The van der Waals surface area contributed by atoms with Gasteiger partial charge in [-0.2, -0.15) is 18.2 Å². The number of nitrogens with zero attached hydrogens (tertiary/aromatic N) is 5. The number of carbonyl (C=O) groups is 1. The molecule has 1 saturated heterocycles. The SMILES string of the molecule is O=C(c1cc(-c2ccccc2)on1)N1CCN(Cc2nc(-c3cccc(C(F)(F)F)c3)no2)CC1. The van der Waals surface area contributed by atoms with Crippen molar-refractivity contribution in [2.75, 3.05) is 26.2 Å². The quantitative estimate of drug-likeness (QED) is 0.417. The van der Waals surface area contributed by atoms with E-state index in [1.165, 1.54) is 12.1 Å². The Labute approximate surface area is 197 Å². The van der Waals surface area contributed by atoms with Gasteiger partial charge in [0.05, 0.1) is 12.1 Å². The van der Waals surface area contributed by atoms with Crippen molar-refractivity contribution in [1.29, 1.82) is 0 Å². The lowest BCUT2D eigenvalue weighted by molar-refractivity contribution is -0.137. The van der Waals surface area contributed by atoms with Crippen LogP contribution in [-0.4, -0.2) is 57.2 Å². The maximum absolute atomic E-state index is 13.0. The molecule has 0 saturated carbocycles. The van der Waals surface area contributed by atoms with E-state index in [1.54, 1.807) is 11.0 Å². The molecule has 1 amide bonds. The van der Waals surface area contributed by atoms with Crippen molar-refractivity contribution < 1.29 is 27.0 Å². The van der Waals surface area contributed by atoms with Gasteiger partial charge in [-0.05, 0) is 12.1 Å². The second kappa shape index (κ2) is 9.34. The molecule has 0 radical (unpaired) electrons. The number of benzene rings is 2. The Morgan fingerprint density at radius 1 is 0.886 bits per heavy atom. The van der Waals surface area contributed by atoms with E-state index in [1.807, 2.05) is 35.2 Å². The fourth-order valence-corrected chi connectivity index (χ4v) is 3.85. The molecule has 35 heavy (non-hydrogen) atoms. The van der Waals surface area contributed by atoms with Crippen molar-refractivity contribution in [2.45, 2.75) is 12.7 Å². The molecular weight excluding hydrogens is 463 g/mol. The Morgan fingerprint density at radius 3 is 2.37 bits per heavy atom. The van der Waals surface area contributed by atoms with E-state index in [4.69, 9.17) is 9.05 Å². The molecule has 5 rings (SSSR count). The summed E-state index contributed by atoms with van der Waals surface area (Å²) < 4.78 is 49.5. The maximum Gasteiger partial charge on any atom is 0.416 e. The highest BCUT2D eigenvalue weighted by molar-refractivity contribution is 5.93. The largest absolute Gasteiger partial charge is 0.416 e. The van der Waals surface area contributed by atoms with Crippen molar-refractivity contribution in [2.24, 2.45) is 0 Å². The summed E-state index contributed by atoms with van der Waals surface area (Å²) >= 11 is 0. The molecule has 4 aromatic rings. The zero-order chi connectivity index (χ0) is 24.4. The Morgan fingerprint density at radius 2 is 1.63 bits per heavy atom. The zero-order valence-electron chi connectivity index (χ0n) is 18.4. The van der Waals surface area contributed by atoms with Crippen LogP contribution in [0.2, 0.25) is 0 Å². The van der Waals surface area contributed by atoms with Crippen LogP contribution in [0.15, 0.2) is 69.7 Å². The summed E-state index contributed by atoms with van der Waals surface area (Å²) in [5, 5.41) is 7.75. The molecule has 0 spiro atoms. The fourth-order valence-electron chi connectivity index (χ4n) is 3.85. The molecular formula is C24H20F3N5O3. The van der Waals surface area contributed by atoms with E-state index >= 15 is 0 Å². The normalized spacial score (nSPS) is 14.9. The van der Waals surface area contributed by atoms with Crippen LogP contribution in [-0.2, 0) is 12.7 Å². The molecule has 0 bridgehead atoms. The molecule has 11 heteroatoms. The van der Waals surface area contributed by atoms with Crippen LogP contribution in [0.25, 0.3) is 22.7 Å². The smallest absolute Gasteiger partial charge is 0.355 e. The zero-order valence-corrected chi connectivity index (χ0v) is 18.4. The van der Waals surface area contributed by atoms with Gasteiger partial charge in [0.15, 0.2) is 11.5 Å². The molecule has 0 N–H and O–H groups in total. The van der Waals surface area contributed by atoms with E-state index in [0.717, 1.165) is 17.7 Å². The molecule has 3 heterocycles. The number of amides is 1. The molecule has 2 aromatic carbocycles. The minimum Gasteiger partial charge on any atom is -0.355 e. The molecule has 0 atom stereocenters. The first-order valence-corrected chi connectivity index (χ1v) is 10.9. The highest BCUT2D eigenvalue weighted by Crippen LogP contribution is 2.31. The van der Waals surface area contributed by atoms with Gasteiger partial charge < -0.3 is 13.9 Å². The second-order valence-corrected chi connectivity index (χ2v) is 8.10. The van der Waals surface area contributed by atoms with Crippen LogP contribution in [0.3, 0.4) is 0 Å². The van der Waals surface area contributed by atoms with Crippen LogP contribution < -0.4 is 0 Å². The third-order valence-corrected chi connectivity index (χ3v) is 5.72. The second-order valence-electron chi connectivity index (χ2n) is 8.10. The molecule has 1 fully saturated rings. The molecule has 0 aliphatic carbocycles. The monoisotopic (exact) mass is 483 g/mol. The van der Waals surface area contributed by atoms with Gasteiger partial charge in [0.25, 0.3) is 5.91 Å². The number of hydrogen-bond donors (Lipinski definition) is 0. The van der Waals surface area contributed by atoms with Crippen molar-refractivity contribution in [3.05, 3.63) is 77.8 Å². The predicted octanol–water partition coefficient (Wildman–Crippen LogP) is 4.37. The predicted molar refractivity (Wildman–Crippen MR) is 118 cm³/mol. The molecule has 180 valence electrons. The van der Waals surface area contributed by atoms with Crippen molar-refractivity contribution in [3.8, 4) is 22.7 Å². The minimum absolute atomic E-state index is 0.0974. The Hall–Kier alpha value is -3.99. The number of alkyl halides is 3. The average molecular weight is 483 g/mol. The number of carbonyl (C=O) groups excluding carboxylic acids is 1. The number of halogens is 3. The Balaban J connectivity index is 1.17. The molecule has 0 unspecified atom stereocenters. The highest BCUT2D eigenvalue weighted by atomic mass is 19.4. The van der Waals surface area contributed by atoms with Crippen molar-refractivity contribution >= 4 is 5.91 Å². The van der Waals surface area contributed by atoms with Crippen LogP contribution in [0.1, 0.15) is 21.9 Å². The summed E-state index contributed by atoms with van der Waals surface area (Å²) in [5.41, 5.74) is 0.547. The number of rotatable bonds is 5. The molecule has 1 aliphatic heterocycles. The maximum atomic E-state index is 13.0. The third-order valence-electron chi connectivity index (χ3n) is 5.72. The fraction of sp³-hybridized carbons (Fsp3) is 0.250. The summed E-state index contributed by atoms with van der Waals surface area (Å²) in [7, 11) is 0. The molecule has 2 aromatic heterocycles. The van der Waals surface area contributed by atoms with Gasteiger partial charge in [-0.1, -0.05) is 52.8 Å². The Kier molecular flexibility index (Phi) is 6.08. The van der Waals surface area contributed by atoms with Gasteiger partial charge in [0, 0.05) is 43.4 Å². The van der Waals surface area contributed by atoms with Crippen LogP contribution >= 0.6 is 0 Å². The Bertz CT molecular complexity index is 1310. The van der Waals surface area contributed by atoms with E-state index < -0.39 is 11.7 Å². The third kappa shape index (κ3) is 5.09. The van der Waals surface area contributed by atoms with Gasteiger partial charge in [0.1, 0.15) is 0 Å². The number of aromatic nitrogens is 3. The topological polar surface area (TPSA) is 88.5 Å². The van der Waals surface area contributed by atoms with E-state index in [0.29, 0.717) is 44.4 Å². The first-order valence-electron chi connectivity index (χ1n) is 10.9. The van der Waals surface area contributed by atoms with Crippen LogP contribution in [0, 0.1) is 0 Å². The first kappa shape index (κ1) is 22.8. The van der Waals surface area contributed by atoms with Crippen molar-refractivity contribution in [3.63, 3.8) is 0 Å². The van der Waals surface area contributed by atoms with Gasteiger partial charge in [-0.3, -0.25) is 9.69 Å². The summed E-state index contributed by atoms with van der Waals surface area (Å²) in [6, 6.07) is 15.8. The lowest BCUT2D eigenvalue weighted by Gasteiger charge is -2.33. The lowest BCUT2D eigenvalue weighted by atomic mass is 10.1. The van der Waals surface area contributed by atoms with Crippen LogP contribution in [0.5, 0.6) is 0 Å². The van der Waals surface area contributed by atoms with E-state index in [2.05, 4.69) is 15.3 Å². The number of piperazine rings is 1. The molecule has 1 aliphatic rings. The minimum atomic E-state index is -4.45. The van der Waals surface area contributed by atoms with Gasteiger partial charge in [-0.15, -0.1) is 0 Å².